The predicted octanol–water partition coefficient (Wildman–Crippen LogP) is -1.56. The first-order chi connectivity index (χ1) is 13.5. The van der Waals surface area contributed by atoms with Gasteiger partial charge in [-0.3, -0.25) is 9.80 Å². The van der Waals surface area contributed by atoms with Gasteiger partial charge in [0.25, 0.3) is 0 Å². The predicted molar refractivity (Wildman–Crippen MR) is 88.0 cm³/mol. The van der Waals surface area contributed by atoms with Crippen LogP contribution in [0.2, 0.25) is 0 Å². The molecular formula is C16H22N4O8. The van der Waals surface area contributed by atoms with E-state index in [2.05, 4.69) is 0 Å². The molecule has 1 N–H and O–H groups in total. The molecule has 5 rings (SSSR count). The highest BCUT2D eigenvalue weighted by atomic mass is 16.6. The zero-order chi connectivity index (χ0) is 19.4. The quantitative estimate of drug-likeness (QED) is 0.485. The Hall–Kier alpha value is -1.99. The van der Waals surface area contributed by atoms with E-state index in [9.17, 15) is 19.5 Å². The minimum Gasteiger partial charge on any atom is -0.371 e. The molecule has 5 aliphatic heterocycles. The summed E-state index contributed by atoms with van der Waals surface area (Å²) in [5.41, 5.74) is 0. The molecule has 0 aromatic rings. The molecule has 0 aromatic heterocycles. The molecule has 5 saturated heterocycles. The number of carbonyl (C=O) groups is 3. The molecule has 0 aliphatic carbocycles. The fourth-order valence-electron chi connectivity index (χ4n) is 3.18. The van der Waals surface area contributed by atoms with Crippen LogP contribution >= 0.6 is 0 Å². The van der Waals surface area contributed by atoms with Crippen LogP contribution in [0.4, 0.5) is 14.4 Å². The Balaban J connectivity index is 1.46. The third-order valence-corrected chi connectivity index (χ3v) is 5.16. The number of imide groups is 2. The number of rotatable bonds is 8. The van der Waals surface area contributed by atoms with E-state index < -0.39 is 24.4 Å². The van der Waals surface area contributed by atoms with E-state index in [0.717, 1.165) is 19.6 Å². The number of carbonyl (C=O) groups excluding carboxylic acids is 3. The van der Waals surface area contributed by atoms with Crippen molar-refractivity contribution in [2.75, 3.05) is 52.6 Å². The molecule has 4 atom stereocenters. The van der Waals surface area contributed by atoms with Crippen molar-refractivity contribution in [3.63, 3.8) is 0 Å². The van der Waals surface area contributed by atoms with Crippen LogP contribution < -0.4 is 0 Å². The van der Waals surface area contributed by atoms with Gasteiger partial charge in [0.05, 0.1) is 77.0 Å². The molecule has 0 spiro atoms. The first-order valence-corrected chi connectivity index (χ1v) is 9.36. The highest BCUT2D eigenvalue weighted by Crippen LogP contribution is 2.25. The number of nitrogens with zero attached hydrogens (tertiary/aromatic N) is 4. The van der Waals surface area contributed by atoms with Gasteiger partial charge in [-0.1, -0.05) is 0 Å². The minimum atomic E-state index is -1.54. The Morgan fingerprint density at radius 2 is 0.964 bits per heavy atom. The number of aliphatic hydroxyl groups excluding tert-OH is 1. The lowest BCUT2D eigenvalue weighted by Crippen LogP contribution is -2.67. The molecule has 154 valence electrons. The number of epoxide rings is 4. The number of amides is 6. The van der Waals surface area contributed by atoms with Crippen LogP contribution in [0.3, 0.4) is 0 Å². The van der Waals surface area contributed by atoms with E-state index in [-0.39, 0.29) is 50.6 Å². The molecule has 12 nitrogen and oxygen atoms in total. The van der Waals surface area contributed by atoms with Crippen LogP contribution in [-0.2, 0) is 18.9 Å². The molecular weight excluding hydrogens is 376 g/mol. The number of hydrogen-bond acceptors (Lipinski definition) is 8. The Morgan fingerprint density at radius 1 is 0.643 bits per heavy atom. The zero-order valence-electron chi connectivity index (χ0n) is 15.1. The van der Waals surface area contributed by atoms with Crippen molar-refractivity contribution in [2.45, 2.75) is 30.8 Å². The maximum Gasteiger partial charge on any atom is 0.336 e. The molecule has 0 radical (unpaired) electrons. The molecule has 4 unspecified atom stereocenters. The van der Waals surface area contributed by atoms with Crippen LogP contribution in [0, 0.1) is 0 Å². The largest absolute Gasteiger partial charge is 0.371 e. The summed E-state index contributed by atoms with van der Waals surface area (Å²) in [4.78, 5) is 43.6. The van der Waals surface area contributed by atoms with Gasteiger partial charge in [-0.2, -0.15) is 0 Å². The van der Waals surface area contributed by atoms with Crippen molar-refractivity contribution in [3.8, 4) is 0 Å². The van der Waals surface area contributed by atoms with E-state index in [1.54, 1.807) is 0 Å². The lowest BCUT2D eigenvalue weighted by Gasteiger charge is -2.43. The van der Waals surface area contributed by atoms with Crippen molar-refractivity contribution >= 4 is 18.1 Å². The summed E-state index contributed by atoms with van der Waals surface area (Å²) in [5.74, 6) is 0. The van der Waals surface area contributed by atoms with Crippen LogP contribution in [0.25, 0.3) is 0 Å². The number of urea groups is 3. The maximum atomic E-state index is 13.2. The second kappa shape index (κ2) is 6.81. The van der Waals surface area contributed by atoms with E-state index in [1.165, 1.54) is 0 Å². The van der Waals surface area contributed by atoms with E-state index in [4.69, 9.17) is 18.9 Å². The third-order valence-electron chi connectivity index (χ3n) is 5.16. The summed E-state index contributed by atoms with van der Waals surface area (Å²) in [5, 5.41) is 10.9. The Morgan fingerprint density at radius 3 is 1.29 bits per heavy atom. The van der Waals surface area contributed by atoms with Crippen LogP contribution in [-0.4, -0.2) is 126 Å². The van der Waals surface area contributed by atoms with Gasteiger partial charge in [-0.25, -0.2) is 24.2 Å². The molecule has 0 bridgehead atoms. The topological polar surface area (TPSA) is 135 Å². The molecule has 6 amide bonds. The smallest absolute Gasteiger partial charge is 0.336 e. The summed E-state index contributed by atoms with van der Waals surface area (Å²) in [7, 11) is 0. The average Bonchev–Trinajstić information content (AvgIpc) is 3.53. The lowest BCUT2D eigenvalue weighted by molar-refractivity contribution is -0.0837. The number of hydrogen-bond donors (Lipinski definition) is 1. The Bertz CT molecular complexity index is 622. The zero-order valence-corrected chi connectivity index (χ0v) is 15.1. The van der Waals surface area contributed by atoms with Crippen molar-refractivity contribution in [1.29, 1.82) is 0 Å². The van der Waals surface area contributed by atoms with Crippen molar-refractivity contribution in [1.82, 2.24) is 19.6 Å². The molecule has 12 heteroatoms. The summed E-state index contributed by atoms with van der Waals surface area (Å²) in [6, 6.07) is -2.10. The van der Waals surface area contributed by atoms with Gasteiger partial charge in [0.2, 0.25) is 6.35 Å². The number of aliphatic hydroxyl groups is 1. The standard InChI is InChI=1S/C16H22N4O8/c21-13-17(1-9-5-25-9)14(22)19(3-11-7-27-11)16(24)20(4-12-8-28-12)15(23)18(13)2-10-6-26-10/h9-13,21H,1-8H2. The lowest BCUT2D eigenvalue weighted by atomic mass is 10.3. The van der Waals surface area contributed by atoms with E-state index >= 15 is 0 Å². The first kappa shape index (κ1) is 18.1. The summed E-state index contributed by atoms with van der Waals surface area (Å²) in [6.07, 6.45) is -2.50. The van der Waals surface area contributed by atoms with Crippen LogP contribution in [0.1, 0.15) is 0 Å². The van der Waals surface area contributed by atoms with Crippen LogP contribution in [0.15, 0.2) is 0 Å². The van der Waals surface area contributed by atoms with E-state index in [1.807, 2.05) is 0 Å². The van der Waals surface area contributed by atoms with Gasteiger partial charge in [-0.05, 0) is 0 Å². The van der Waals surface area contributed by atoms with Crippen molar-refractivity contribution in [2.24, 2.45) is 0 Å². The first-order valence-electron chi connectivity index (χ1n) is 9.36. The van der Waals surface area contributed by atoms with Crippen molar-refractivity contribution in [3.05, 3.63) is 0 Å². The molecule has 28 heavy (non-hydrogen) atoms. The monoisotopic (exact) mass is 398 g/mol. The molecule has 0 saturated carbocycles. The van der Waals surface area contributed by atoms with Gasteiger partial charge in [-0.15, -0.1) is 0 Å². The normalized spacial score (nSPS) is 37.2. The fourth-order valence-corrected chi connectivity index (χ4v) is 3.18. The van der Waals surface area contributed by atoms with Gasteiger partial charge >= 0.3 is 18.1 Å². The van der Waals surface area contributed by atoms with Crippen LogP contribution in [0.5, 0.6) is 0 Å². The summed E-state index contributed by atoms with van der Waals surface area (Å²) < 4.78 is 20.7. The average molecular weight is 398 g/mol. The Kier molecular flexibility index (Phi) is 4.39. The highest BCUT2D eigenvalue weighted by molar-refractivity contribution is 6.02. The minimum absolute atomic E-state index is 0.0213. The maximum absolute atomic E-state index is 13.2. The van der Waals surface area contributed by atoms with Gasteiger partial charge in [0, 0.05) is 0 Å². The van der Waals surface area contributed by atoms with Gasteiger partial charge < -0.3 is 24.1 Å². The Labute approximate surface area is 160 Å². The number of ether oxygens (including phenoxy) is 4. The molecule has 5 heterocycles. The SMILES string of the molecule is O=C1N(CC2CO2)C(=O)N(CC2CO2)C(O)N(CC2CO2)C(=O)N1CC1CO1. The molecule has 5 fully saturated rings. The summed E-state index contributed by atoms with van der Waals surface area (Å²) >= 11 is 0. The van der Waals surface area contributed by atoms with Gasteiger partial charge in [0.1, 0.15) is 0 Å². The second-order valence-electron chi connectivity index (χ2n) is 7.54. The fraction of sp³-hybridized carbons (Fsp3) is 0.812. The highest BCUT2D eigenvalue weighted by Gasteiger charge is 2.49. The molecule has 5 aliphatic rings. The second-order valence-corrected chi connectivity index (χ2v) is 7.54. The van der Waals surface area contributed by atoms with Crippen molar-refractivity contribution < 1.29 is 38.4 Å². The third kappa shape index (κ3) is 3.78. The van der Waals surface area contributed by atoms with Gasteiger partial charge in [0.15, 0.2) is 0 Å². The molecule has 0 aromatic carbocycles. The summed E-state index contributed by atoms with van der Waals surface area (Å²) in [6.45, 7) is 2.00. The van der Waals surface area contributed by atoms with E-state index in [0.29, 0.717) is 26.4 Å².